The standard InChI is InChI=1S/C13H18FNO2.C3H7N.C2H6/c1-5-15-12(16)13(4,14)17-11-7-6-9(2)10(3)8-11;1-3(2)4;1-2/h6-8H,5H2,1-4H3,(H,15,16);1,4H2,2H3;1-2H3. The Hall–Kier alpha value is -2.04. The molecule has 0 saturated heterocycles. The molecule has 0 spiro atoms. The summed E-state index contributed by atoms with van der Waals surface area (Å²) < 4.78 is 19.0. The molecule has 0 radical (unpaired) electrons. The molecule has 0 bridgehead atoms. The molecule has 0 fully saturated rings. The van der Waals surface area contributed by atoms with E-state index in [0.29, 0.717) is 18.0 Å². The molecule has 0 aliphatic heterocycles. The molecule has 5 heteroatoms. The van der Waals surface area contributed by atoms with Crippen molar-refractivity contribution in [2.24, 2.45) is 5.73 Å². The van der Waals surface area contributed by atoms with Crippen LogP contribution in [0.1, 0.15) is 45.7 Å². The van der Waals surface area contributed by atoms with Crippen LogP contribution >= 0.6 is 0 Å². The molecular formula is C18H31FN2O2. The molecule has 132 valence electrons. The highest BCUT2D eigenvalue weighted by atomic mass is 19.2. The van der Waals surface area contributed by atoms with E-state index in [4.69, 9.17) is 10.5 Å². The number of carbonyl (C=O) groups excluding carboxylic acids is 1. The average molecular weight is 326 g/mol. The first-order valence-corrected chi connectivity index (χ1v) is 7.74. The number of amides is 1. The number of allylic oxidation sites excluding steroid dienone is 1. The number of hydrogen-bond donors (Lipinski definition) is 2. The third kappa shape index (κ3) is 10.3. The third-order valence-electron chi connectivity index (χ3n) is 2.53. The molecule has 1 aromatic carbocycles. The van der Waals surface area contributed by atoms with Crippen LogP contribution in [-0.4, -0.2) is 18.3 Å². The smallest absolute Gasteiger partial charge is 0.323 e. The maximum absolute atomic E-state index is 14.0. The lowest BCUT2D eigenvalue weighted by Crippen LogP contribution is -2.45. The highest BCUT2D eigenvalue weighted by Crippen LogP contribution is 2.22. The quantitative estimate of drug-likeness (QED) is 0.878. The van der Waals surface area contributed by atoms with Gasteiger partial charge in [-0.1, -0.05) is 26.5 Å². The van der Waals surface area contributed by atoms with Crippen molar-refractivity contribution in [3.63, 3.8) is 0 Å². The number of ether oxygens (including phenoxy) is 1. The van der Waals surface area contributed by atoms with Crippen molar-refractivity contribution in [2.75, 3.05) is 6.54 Å². The van der Waals surface area contributed by atoms with Crippen molar-refractivity contribution in [3.8, 4) is 5.75 Å². The zero-order valence-corrected chi connectivity index (χ0v) is 15.4. The Morgan fingerprint density at radius 2 is 1.83 bits per heavy atom. The van der Waals surface area contributed by atoms with Crippen LogP contribution < -0.4 is 15.8 Å². The van der Waals surface area contributed by atoms with Gasteiger partial charge in [-0.2, -0.15) is 4.39 Å². The summed E-state index contributed by atoms with van der Waals surface area (Å²) in [6.07, 6.45) is 0. The Morgan fingerprint density at radius 1 is 1.35 bits per heavy atom. The summed E-state index contributed by atoms with van der Waals surface area (Å²) in [4.78, 5) is 11.4. The highest BCUT2D eigenvalue weighted by Gasteiger charge is 2.35. The molecule has 4 nitrogen and oxygen atoms in total. The van der Waals surface area contributed by atoms with Gasteiger partial charge in [-0.05, 0) is 56.7 Å². The first-order valence-electron chi connectivity index (χ1n) is 7.74. The van der Waals surface area contributed by atoms with Gasteiger partial charge in [-0.15, -0.1) is 0 Å². The monoisotopic (exact) mass is 326 g/mol. The van der Waals surface area contributed by atoms with Crippen LogP contribution in [0.5, 0.6) is 5.75 Å². The molecule has 3 N–H and O–H groups in total. The van der Waals surface area contributed by atoms with Gasteiger partial charge in [0, 0.05) is 13.5 Å². The van der Waals surface area contributed by atoms with Crippen LogP contribution in [-0.2, 0) is 4.79 Å². The maximum atomic E-state index is 14.0. The van der Waals surface area contributed by atoms with E-state index in [1.165, 1.54) is 0 Å². The predicted molar refractivity (Wildman–Crippen MR) is 95.1 cm³/mol. The molecule has 0 aliphatic carbocycles. The van der Waals surface area contributed by atoms with E-state index in [1.807, 2.05) is 33.8 Å². The SMILES string of the molecule is C=C(C)N.CC.CCNC(=O)C(C)(F)Oc1ccc(C)c(C)c1. The first kappa shape index (κ1) is 23.2. The van der Waals surface area contributed by atoms with Gasteiger partial charge in [0.05, 0.1) is 0 Å². The van der Waals surface area contributed by atoms with Crippen LogP contribution in [0.4, 0.5) is 4.39 Å². The van der Waals surface area contributed by atoms with Gasteiger partial charge in [0.2, 0.25) is 0 Å². The molecule has 0 aromatic heterocycles. The zero-order valence-electron chi connectivity index (χ0n) is 15.4. The van der Waals surface area contributed by atoms with Crippen LogP contribution in [0.2, 0.25) is 0 Å². The molecule has 0 aliphatic rings. The minimum absolute atomic E-state index is 0.351. The molecule has 0 saturated carbocycles. The Labute approximate surface area is 139 Å². The Balaban J connectivity index is 0. The Morgan fingerprint density at radius 3 is 2.22 bits per heavy atom. The Bertz CT molecular complexity index is 496. The third-order valence-corrected chi connectivity index (χ3v) is 2.53. The molecule has 1 rings (SSSR count). The molecule has 1 amide bonds. The van der Waals surface area contributed by atoms with Gasteiger partial charge in [-0.25, -0.2) is 0 Å². The molecule has 1 atom stereocenters. The molecular weight excluding hydrogens is 295 g/mol. The van der Waals surface area contributed by atoms with Gasteiger partial charge < -0.3 is 15.8 Å². The molecule has 1 unspecified atom stereocenters. The average Bonchev–Trinajstić information content (AvgIpc) is 2.44. The van der Waals surface area contributed by atoms with E-state index in [0.717, 1.165) is 18.1 Å². The lowest BCUT2D eigenvalue weighted by molar-refractivity contribution is -0.150. The second-order valence-corrected chi connectivity index (χ2v) is 4.97. The minimum atomic E-state index is -2.35. The summed E-state index contributed by atoms with van der Waals surface area (Å²) in [6.45, 7) is 16.1. The fraction of sp³-hybridized carbons (Fsp3) is 0.500. The van der Waals surface area contributed by atoms with Crippen LogP contribution in [0, 0.1) is 13.8 Å². The van der Waals surface area contributed by atoms with E-state index in [-0.39, 0.29) is 0 Å². The van der Waals surface area contributed by atoms with Crippen LogP contribution in [0.3, 0.4) is 0 Å². The second kappa shape index (κ2) is 11.5. The van der Waals surface area contributed by atoms with Gasteiger partial charge in [-0.3, -0.25) is 4.79 Å². The van der Waals surface area contributed by atoms with Crippen molar-refractivity contribution in [1.82, 2.24) is 5.32 Å². The fourth-order valence-electron chi connectivity index (χ4n) is 1.36. The number of carbonyl (C=O) groups is 1. The number of hydrogen-bond acceptors (Lipinski definition) is 3. The predicted octanol–water partition coefficient (Wildman–Crippen LogP) is 4.01. The first-order chi connectivity index (χ1) is 10.6. The highest BCUT2D eigenvalue weighted by molar-refractivity contribution is 5.83. The molecule has 0 heterocycles. The van der Waals surface area contributed by atoms with Gasteiger partial charge in [0.1, 0.15) is 5.75 Å². The number of benzene rings is 1. The van der Waals surface area contributed by atoms with E-state index in [1.54, 1.807) is 26.0 Å². The van der Waals surface area contributed by atoms with Gasteiger partial charge >= 0.3 is 5.85 Å². The van der Waals surface area contributed by atoms with Gasteiger partial charge in [0.15, 0.2) is 0 Å². The molecule has 23 heavy (non-hydrogen) atoms. The van der Waals surface area contributed by atoms with Crippen LogP contribution in [0.15, 0.2) is 30.5 Å². The van der Waals surface area contributed by atoms with E-state index >= 15 is 0 Å². The summed E-state index contributed by atoms with van der Waals surface area (Å²) in [7, 11) is 0. The molecule has 1 aromatic rings. The maximum Gasteiger partial charge on any atom is 0.323 e. The largest absolute Gasteiger partial charge is 0.450 e. The lowest BCUT2D eigenvalue weighted by Gasteiger charge is -2.21. The minimum Gasteiger partial charge on any atom is -0.450 e. The lowest BCUT2D eigenvalue weighted by atomic mass is 10.1. The topological polar surface area (TPSA) is 64.3 Å². The number of rotatable bonds is 4. The van der Waals surface area contributed by atoms with Crippen molar-refractivity contribution in [3.05, 3.63) is 41.6 Å². The Kier molecular flexibility index (Phi) is 11.6. The van der Waals surface area contributed by atoms with Crippen LogP contribution in [0.25, 0.3) is 0 Å². The zero-order chi connectivity index (χ0) is 18.6. The van der Waals surface area contributed by atoms with Crippen molar-refractivity contribution in [2.45, 2.75) is 54.3 Å². The summed E-state index contributed by atoms with van der Waals surface area (Å²) in [5.74, 6) is -2.76. The number of nitrogens with two attached hydrogens (primary N) is 1. The normalized spacial score (nSPS) is 11.7. The number of likely N-dealkylation sites (N-methyl/N-ethyl adjacent to an activating group) is 1. The second-order valence-electron chi connectivity index (χ2n) is 4.97. The van der Waals surface area contributed by atoms with Crippen molar-refractivity contribution < 1.29 is 13.9 Å². The number of halogens is 1. The van der Waals surface area contributed by atoms with Crippen molar-refractivity contribution in [1.29, 1.82) is 0 Å². The van der Waals surface area contributed by atoms with E-state index in [9.17, 15) is 9.18 Å². The summed E-state index contributed by atoms with van der Waals surface area (Å²) in [5.41, 5.74) is 7.67. The van der Waals surface area contributed by atoms with E-state index in [2.05, 4.69) is 11.9 Å². The summed E-state index contributed by atoms with van der Waals surface area (Å²) in [6, 6.07) is 5.20. The fourth-order valence-corrected chi connectivity index (χ4v) is 1.36. The van der Waals surface area contributed by atoms with E-state index < -0.39 is 11.8 Å². The summed E-state index contributed by atoms with van der Waals surface area (Å²) in [5, 5.41) is 2.39. The van der Waals surface area contributed by atoms with Gasteiger partial charge in [0.25, 0.3) is 5.91 Å². The number of alkyl halides is 1. The van der Waals surface area contributed by atoms with Crippen molar-refractivity contribution >= 4 is 5.91 Å². The number of aryl methyl sites for hydroxylation is 2. The number of nitrogens with one attached hydrogen (secondary N) is 1. The summed E-state index contributed by atoms with van der Waals surface area (Å²) >= 11 is 0.